The molecule has 2 heterocycles. The average Bonchev–Trinajstić information content (AvgIpc) is 2.99. The number of Topliss-reactive ketones (excluding diaryl/α,β-unsaturated/α-hetero) is 2. The Balaban J connectivity index is 1.57. The molecule has 0 saturated carbocycles. The van der Waals surface area contributed by atoms with Crippen LogP contribution in [0.4, 0.5) is 0 Å². The van der Waals surface area contributed by atoms with Crippen LogP contribution in [0.3, 0.4) is 0 Å². The van der Waals surface area contributed by atoms with E-state index in [0.717, 1.165) is 16.7 Å². The number of ketones is 2. The molecule has 6 heteroatoms. The normalized spacial score (nSPS) is 20.5. The van der Waals surface area contributed by atoms with E-state index in [9.17, 15) is 14.4 Å². The number of carbonyl (C=O) groups excluding carboxylic acids is 3. The van der Waals surface area contributed by atoms with Crippen LogP contribution in [0.25, 0.3) is 0 Å². The molecule has 2 fully saturated rings. The zero-order valence-corrected chi connectivity index (χ0v) is 22.7. The van der Waals surface area contributed by atoms with Gasteiger partial charge in [0.2, 0.25) is 5.91 Å². The van der Waals surface area contributed by atoms with Crippen LogP contribution >= 0.6 is 0 Å². The molecule has 3 aromatic carbocycles. The molecule has 0 radical (unpaired) electrons. The average molecular weight is 525 g/mol. The van der Waals surface area contributed by atoms with Gasteiger partial charge in [-0.3, -0.25) is 19.3 Å². The number of piperidine rings is 1. The van der Waals surface area contributed by atoms with Crippen molar-refractivity contribution in [3.05, 3.63) is 107 Å². The van der Waals surface area contributed by atoms with E-state index < -0.39 is 11.8 Å². The Bertz CT molecular complexity index is 1260. The number of rotatable bonds is 7. The molecule has 0 aromatic heterocycles. The molecule has 202 valence electrons. The maximum atomic E-state index is 14.2. The molecule has 3 aromatic rings. The maximum Gasteiger partial charge on any atom is 0.236 e. The van der Waals surface area contributed by atoms with Crippen LogP contribution in [0.5, 0.6) is 0 Å². The number of nitrogens with zero attached hydrogens (tertiary/aromatic N) is 2. The van der Waals surface area contributed by atoms with Crippen LogP contribution < -0.4 is 0 Å². The third kappa shape index (κ3) is 5.87. The van der Waals surface area contributed by atoms with E-state index >= 15 is 0 Å². The molecule has 5 rings (SSSR count). The summed E-state index contributed by atoms with van der Waals surface area (Å²) >= 11 is 0. The smallest absolute Gasteiger partial charge is 0.236 e. The Labute approximate surface area is 230 Å². The van der Waals surface area contributed by atoms with Crippen LogP contribution in [0.1, 0.15) is 43.3 Å². The van der Waals surface area contributed by atoms with Gasteiger partial charge in [-0.05, 0) is 30.5 Å². The molecule has 0 aliphatic carbocycles. The molecular weight excluding hydrogens is 488 g/mol. The summed E-state index contributed by atoms with van der Waals surface area (Å²) in [4.78, 5) is 45.4. The Hall–Kier alpha value is -3.61. The summed E-state index contributed by atoms with van der Waals surface area (Å²) in [7, 11) is 0. The van der Waals surface area contributed by atoms with Crippen molar-refractivity contribution in [2.24, 2.45) is 11.8 Å². The highest BCUT2D eigenvalue weighted by atomic mass is 16.5. The van der Waals surface area contributed by atoms with Gasteiger partial charge in [0.15, 0.2) is 11.6 Å². The van der Waals surface area contributed by atoms with Crippen molar-refractivity contribution in [1.82, 2.24) is 9.80 Å². The van der Waals surface area contributed by atoms with E-state index in [0.29, 0.717) is 50.5 Å². The van der Waals surface area contributed by atoms with E-state index in [1.54, 1.807) is 0 Å². The van der Waals surface area contributed by atoms with Gasteiger partial charge >= 0.3 is 0 Å². The van der Waals surface area contributed by atoms with Gasteiger partial charge in [-0.2, -0.15) is 0 Å². The summed E-state index contributed by atoms with van der Waals surface area (Å²) in [6.07, 6.45) is 0. The molecule has 0 N–H and O–H groups in total. The van der Waals surface area contributed by atoms with Crippen molar-refractivity contribution >= 4 is 17.5 Å². The topological polar surface area (TPSA) is 66.9 Å². The van der Waals surface area contributed by atoms with Crippen LogP contribution in [0.2, 0.25) is 0 Å². The first-order valence-corrected chi connectivity index (χ1v) is 13.8. The van der Waals surface area contributed by atoms with Gasteiger partial charge in [-0.25, -0.2) is 0 Å². The van der Waals surface area contributed by atoms with Gasteiger partial charge in [0.05, 0.1) is 19.8 Å². The number of carbonyl (C=O) groups is 3. The van der Waals surface area contributed by atoms with E-state index in [1.807, 2.05) is 76.5 Å². The molecule has 2 saturated heterocycles. The number of ether oxygens (including phenoxy) is 1. The predicted molar refractivity (Wildman–Crippen MR) is 151 cm³/mol. The predicted octanol–water partition coefficient (Wildman–Crippen LogP) is 4.56. The van der Waals surface area contributed by atoms with Gasteiger partial charge in [0, 0.05) is 55.1 Å². The second kappa shape index (κ2) is 12.1. The Kier molecular flexibility index (Phi) is 8.34. The lowest BCUT2D eigenvalue weighted by atomic mass is 9.67. The van der Waals surface area contributed by atoms with Crippen molar-refractivity contribution in [3.8, 4) is 0 Å². The van der Waals surface area contributed by atoms with Crippen molar-refractivity contribution in [1.29, 1.82) is 0 Å². The summed E-state index contributed by atoms with van der Waals surface area (Å²) in [5.74, 6) is -1.22. The molecule has 0 unspecified atom stereocenters. The monoisotopic (exact) mass is 524 g/mol. The highest BCUT2D eigenvalue weighted by Gasteiger charge is 2.45. The highest BCUT2D eigenvalue weighted by Crippen LogP contribution is 2.42. The van der Waals surface area contributed by atoms with E-state index in [4.69, 9.17) is 4.74 Å². The number of aryl methyl sites for hydroxylation is 1. The van der Waals surface area contributed by atoms with Crippen LogP contribution in [0.15, 0.2) is 78.9 Å². The second-order valence-corrected chi connectivity index (χ2v) is 10.7. The maximum absolute atomic E-state index is 14.2. The lowest BCUT2D eigenvalue weighted by molar-refractivity contribution is -0.137. The number of benzene rings is 3. The number of amides is 1. The molecule has 0 bridgehead atoms. The number of likely N-dealkylation sites (tertiary alicyclic amines) is 1. The molecule has 1 amide bonds. The molecule has 39 heavy (non-hydrogen) atoms. The second-order valence-electron chi connectivity index (χ2n) is 10.7. The molecule has 6 nitrogen and oxygen atoms in total. The van der Waals surface area contributed by atoms with E-state index in [-0.39, 0.29) is 29.9 Å². The first-order valence-electron chi connectivity index (χ1n) is 13.8. The lowest BCUT2D eigenvalue weighted by Crippen LogP contribution is -2.54. The van der Waals surface area contributed by atoms with Crippen molar-refractivity contribution in [2.75, 3.05) is 45.9 Å². The largest absolute Gasteiger partial charge is 0.378 e. The number of hydrogen-bond donors (Lipinski definition) is 0. The van der Waals surface area contributed by atoms with Crippen molar-refractivity contribution in [3.63, 3.8) is 0 Å². The summed E-state index contributed by atoms with van der Waals surface area (Å²) in [6.45, 7) is 7.35. The van der Waals surface area contributed by atoms with Crippen molar-refractivity contribution < 1.29 is 19.1 Å². The molecule has 2 atom stereocenters. The minimum atomic E-state index is -0.475. The standard InChI is InChI=1S/C33H36N2O4/c1-23-10-9-15-27(24(23)2)31-28(32(37)25-11-5-3-6-12-25)20-34(22-30(36)35-16-18-39-19-17-35)21-29(31)33(38)26-13-7-4-8-14-26/h3-15,28-29,31H,16-22H2,1-2H3/t28-,29-/m0/s1. The zero-order chi connectivity index (χ0) is 27.4. The van der Waals surface area contributed by atoms with Crippen molar-refractivity contribution in [2.45, 2.75) is 19.8 Å². The van der Waals surface area contributed by atoms with Gasteiger partial charge in [-0.1, -0.05) is 78.9 Å². The molecule has 2 aliphatic heterocycles. The Morgan fingerprint density at radius 3 is 1.82 bits per heavy atom. The first-order chi connectivity index (χ1) is 18.9. The van der Waals surface area contributed by atoms with E-state index in [1.165, 1.54) is 0 Å². The fraction of sp³-hybridized carbons (Fsp3) is 0.364. The summed E-state index contributed by atoms with van der Waals surface area (Å²) in [5, 5.41) is 0. The Morgan fingerprint density at radius 1 is 0.744 bits per heavy atom. The highest BCUT2D eigenvalue weighted by molar-refractivity contribution is 6.02. The molecule has 2 aliphatic rings. The first kappa shape index (κ1) is 27.0. The zero-order valence-electron chi connectivity index (χ0n) is 22.7. The minimum absolute atomic E-state index is 0.0101. The summed E-state index contributed by atoms with van der Waals surface area (Å²) in [6, 6.07) is 24.8. The Morgan fingerprint density at radius 2 is 1.28 bits per heavy atom. The summed E-state index contributed by atoms with van der Waals surface area (Å²) in [5.41, 5.74) is 4.54. The minimum Gasteiger partial charge on any atom is -0.378 e. The summed E-state index contributed by atoms with van der Waals surface area (Å²) < 4.78 is 5.42. The van der Waals surface area contributed by atoms with Gasteiger partial charge in [0.25, 0.3) is 0 Å². The number of hydrogen-bond acceptors (Lipinski definition) is 5. The number of morpholine rings is 1. The lowest BCUT2D eigenvalue weighted by Gasteiger charge is -2.44. The molecule has 0 spiro atoms. The van der Waals surface area contributed by atoms with Crippen LogP contribution in [-0.4, -0.2) is 73.2 Å². The fourth-order valence-electron chi connectivity index (χ4n) is 6.06. The van der Waals surface area contributed by atoms with Gasteiger partial charge < -0.3 is 9.64 Å². The van der Waals surface area contributed by atoms with Gasteiger partial charge in [0.1, 0.15) is 0 Å². The quantitative estimate of drug-likeness (QED) is 0.424. The molecular formula is C33H36N2O4. The fourth-order valence-corrected chi connectivity index (χ4v) is 6.06. The van der Waals surface area contributed by atoms with Gasteiger partial charge in [-0.15, -0.1) is 0 Å². The third-order valence-electron chi connectivity index (χ3n) is 8.30. The van der Waals surface area contributed by atoms with Crippen LogP contribution in [-0.2, 0) is 9.53 Å². The third-order valence-corrected chi connectivity index (χ3v) is 8.30. The van der Waals surface area contributed by atoms with E-state index in [2.05, 4.69) is 26.0 Å². The van der Waals surface area contributed by atoms with Crippen LogP contribution in [0, 0.1) is 25.7 Å². The SMILES string of the molecule is Cc1cccc(C2[C@@H](C(=O)c3ccccc3)CN(CC(=O)N3CCOCC3)C[C@@H]2C(=O)c2ccccc2)c1C.